The number of nitrogens with zero attached hydrogens (tertiary/aromatic N) is 3. The van der Waals surface area contributed by atoms with Crippen molar-refractivity contribution in [1.82, 2.24) is 14.8 Å². The zero-order chi connectivity index (χ0) is 21.4. The van der Waals surface area contributed by atoms with Crippen LogP contribution in [-0.4, -0.2) is 20.7 Å². The Bertz CT molecular complexity index is 1350. The largest absolute Gasteiger partial charge is 0.451 e. The fourth-order valence-corrected chi connectivity index (χ4v) is 3.99. The maximum Gasteiger partial charge on any atom is 0.291 e. The minimum absolute atomic E-state index is 0.0233. The van der Waals surface area contributed by atoms with Crippen LogP contribution in [0.2, 0.25) is 0 Å². The van der Waals surface area contributed by atoms with Gasteiger partial charge in [-0.2, -0.15) is 0 Å². The number of carbonyl (C=O) groups excluding carboxylic acids is 1. The minimum Gasteiger partial charge on any atom is -0.451 e. The third-order valence-electron chi connectivity index (χ3n) is 5.71. The van der Waals surface area contributed by atoms with Crippen LogP contribution < -0.4 is 10.7 Å². The molecule has 2 aromatic heterocycles. The smallest absolute Gasteiger partial charge is 0.291 e. The van der Waals surface area contributed by atoms with E-state index in [1.54, 1.807) is 24.3 Å². The first-order valence-corrected chi connectivity index (χ1v) is 10.5. The fourth-order valence-electron chi connectivity index (χ4n) is 3.99. The molecule has 2 aromatic carbocycles. The number of hydrogen-bond donors (Lipinski definition) is 1. The van der Waals surface area contributed by atoms with Crippen molar-refractivity contribution in [2.45, 2.75) is 39.2 Å². The number of carbonyl (C=O) groups is 1. The molecule has 0 aliphatic carbocycles. The topological polar surface area (TPSA) is 90.0 Å². The molecule has 1 N–H and O–H groups in total. The van der Waals surface area contributed by atoms with Crippen LogP contribution >= 0.6 is 0 Å². The van der Waals surface area contributed by atoms with Crippen LogP contribution in [0.15, 0.2) is 57.7 Å². The molecule has 0 unspecified atom stereocenters. The van der Waals surface area contributed by atoms with Gasteiger partial charge in [0.15, 0.2) is 17.0 Å². The number of fused-ring (bicyclic) bond motifs is 2. The van der Waals surface area contributed by atoms with E-state index in [4.69, 9.17) is 4.42 Å². The third-order valence-corrected chi connectivity index (χ3v) is 5.71. The quantitative estimate of drug-likeness (QED) is 0.539. The number of hydrogen-bond acceptors (Lipinski definition) is 5. The summed E-state index contributed by atoms with van der Waals surface area (Å²) in [7, 11) is 0. The van der Waals surface area contributed by atoms with Crippen molar-refractivity contribution < 1.29 is 9.21 Å². The first-order valence-electron chi connectivity index (χ1n) is 10.5. The van der Waals surface area contributed by atoms with Gasteiger partial charge in [-0.05, 0) is 43.5 Å². The molecule has 0 saturated carbocycles. The molecule has 0 radical (unpaired) electrons. The third kappa shape index (κ3) is 3.63. The summed E-state index contributed by atoms with van der Waals surface area (Å²) in [6.45, 7) is 2.82. The van der Waals surface area contributed by atoms with E-state index in [9.17, 15) is 9.59 Å². The normalized spacial score (nSPS) is 13.6. The Balaban J connectivity index is 1.47. The summed E-state index contributed by atoms with van der Waals surface area (Å²) in [5.74, 6) is 1.33. The molecule has 0 spiro atoms. The van der Waals surface area contributed by atoms with E-state index in [0.29, 0.717) is 16.7 Å². The molecule has 156 valence electrons. The Morgan fingerprint density at radius 2 is 1.94 bits per heavy atom. The van der Waals surface area contributed by atoms with Gasteiger partial charge in [-0.3, -0.25) is 9.59 Å². The van der Waals surface area contributed by atoms with E-state index in [2.05, 4.69) is 20.1 Å². The van der Waals surface area contributed by atoms with Gasteiger partial charge in [0, 0.05) is 30.3 Å². The van der Waals surface area contributed by atoms with Crippen molar-refractivity contribution in [1.29, 1.82) is 0 Å². The highest BCUT2D eigenvalue weighted by atomic mass is 16.3. The lowest BCUT2D eigenvalue weighted by Crippen LogP contribution is -2.15. The highest BCUT2D eigenvalue weighted by Crippen LogP contribution is 2.27. The predicted molar refractivity (Wildman–Crippen MR) is 118 cm³/mol. The molecule has 3 heterocycles. The van der Waals surface area contributed by atoms with Crippen LogP contribution in [0.4, 0.5) is 5.69 Å². The van der Waals surface area contributed by atoms with E-state index >= 15 is 0 Å². The van der Waals surface area contributed by atoms with Crippen LogP contribution in [0.5, 0.6) is 0 Å². The zero-order valence-electron chi connectivity index (χ0n) is 17.2. The first-order chi connectivity index (χ1) is 15.1. The Morgan fingerprint density at radius 1 is 1.06 bits per heavy atom. The Labute approximate surface area is 178 Å². The van der Waals surface area contributed by atoms with Gasteiger partial charge in [0.25, 0.3) is 5.91 Å². The molecule has 7 heteroatoms. The molecule has 5 rings (SSSR count). The van der Waals surface area contributed by atoms with E-state index in [-0.39, 0.29) is 11.2 Å². The molecule has 31 heavy (non-hydrogen) atoms. The van der Waals surface area contributed by atoms with Crippen molar-refractivity contribution in [3.8, 4) is 11.4 Å². The Morgan fingerprint density at radius 3 is 2.84 bits per heavy atom. The summed E-state index contributed by atoms with van der Waals surface area (Å²) in [4.78, 5) is 25.2. The number of aryl methyl sites for hydroxylation is 2. The maximum atomic E-state index is 12.9. The number of para-hydroxylation sites is 1. The molecule has 0 fully saturated rings. The lowest BCUT2D eigenvalue weighted by atomic mass is 10.1. The second-order valence-electron chi connectivity index (χ2n) is 7.86. The number of rotatable bonds is 3. The lowest BCUT2D eigenvalue weighted by Gasteiger charge is -2.12. The average molecular weight is 414 g/mol. The standard InChI is InChI=1S/C24H22N4O3/c1-15-10-11-16(23-27-26-22-9-3-2-6-12-28(22)23)13-18(15)25-24(30)21-14-19(29)17-7-4-5-8-20(17)31-21/h4-5,7-8,10-11,13-14H,2-3,6,9,12H2,1H3,(H,25,30). The van der Waals surface area contributed by atoms with Gasteiger partial charge in [-0.15, -0.1) is 10.2 Å². The molecule has 1 aliphatic heterocycles. The SMILES string of the molecule is Cc1ccc(-c2nnc3n2CCCCC3)cc1NC(=O)c1cc(=O)c2ccccc2o1. The Hall–Kier alpha value is -3.74. The van der Waals surface area contributed by atoms with Crippen LogP contribution in [-0.2, 0) is 13.0 Å². The number of anilines is 1. The molecule has 4 aromatic rings. The summed E-state index contributed by atoms with van der Waals surface area (Å²) in [5, 5.41) is 12.1. The maximum absolute atomic E-state index is 12.9. The van der Waals surface area contributed by atoms with Crippen molar-refractivity contribution in [2.24, 2.45) is 0 Å². The molecule has 1 aliphatic rings. The van der Waals surface area contributed by atoms with Gasteiger partial charge in [0.05, 0.1) is 5.39 Å². The van der Waals surface area contributed by atoms with Crippen molar-refractivity contribution >= 4 is 22.6 Å². The Kier molecular flexibility index (Phi) is 4.86. The molecular formula is C24H22N4O3. The van der Waals surface area contributed by atoms with Gasteiger partial charge in [0.2, 0.25) is 0 Å². The highest BCUT2D eigenvalue weighted by molar-refractivity contribution is 6.03. The summed E-state index contributed by atoms with van der Waals surface area (Å²) >= 11 is 0. The number of benzene rings is 2. The number of amides is 1. The van der Waals surface area contributed by atoms with Crippen LogP contribution in [0.3, 0.4) is 0 Å². The highest BCUT2D eigenvalue weighted by Gasteiger charge is 2.18. The van der Waals surface area contributed by atoms with E-state index in [1.165, 1.54) is 12.5 Å². The van der Waals surface area contributed by atoms with E-state index in [0.717, 1.165) is 48.6 Å². The van der Waals surface area contributed by atoms with Crippen LogP contribution in [0, 0.1) is 6.92 Å². The second kappa shape index (κ2) is 7.83. The van der Waals surface area contributed by atoms with Crippen LogP contribution in [0.25, 0.3) is 22.4 Å². The molecule has 0 saturated heterocycles. The van der Waals surface area contributed by atoms with Gasteiger partial charge in [-0.1, -0.05) is 30.7 Å². The van der Waals surface area contributed by atoms with Gasteiger partial charge >= 0.3 is 0 Å². The predicted octanol–water partition coefficient (Wildman–Crippen LogP) is 4.34. The average Bonchev–Trinajstić information content (AvgIpc) is 3.03. The van der Waals surface area contributed by atoms with E-state index in [1.807, 2.05) is 25.1 Å². The molecule has 1 amide bonds. The summed E-state index contributed by atoms with van der Waals surface area (Å²) in [6, 6.07) is 13.9. The molecular weight excluding hydrogens is 392 g/mol. The van der Waals surface area contributed by atoms with Gasteiger partial charge < -0.3 is 14.3 Å². The zero-order valence-corrected chi connectivity index (χ0v) is 17.2. The van der Waals surface area contributed by atoms with Gasteiger partial charge in [-0.25, -0.2) is 0 Å². The van der Waals surface area contributed by atoms with E-state index < -0.39 is 5.91 Å². The fraction of sp³-hybridized carbons (Fsp3) is 0.250. The monoisotopic (exact) mass is 414 g/mol. The number of nitrogens with one attached hydrogen (secondary N) is 1. The second-order valence-corrected chi connectivity index (χ2v) is 7.86. The van der Waals surface area contributed by atoms with Crippen LogP contribution in [0.1, 0.15) is 41.2 Å². The minimum atomic E-state index is -0.469. The summed E-state index contributed by atoms with van der Waals surface area (Å²) in [6.07, 6.45) is 4.36. The van der Waals surface area contributed by atoms with Gasteiger partial charge in [0.1, 0.15) is 11.4 Å². The molecule has 0 bridgehead atoms. The summed E-state index contributed by atoms with van der Waals surface area (Å²) in [5.41, 5.74) is 2.57. The van der Waals surface area contributed by atoms with Crippen molar-refractivity contribution in [2.75, 3.05) is 5.32 Å². The first kappa shape index (κ1) is 19.2. The number of aromatic nitrogens is 3. The molecule has 7 nitrogen and oxygen atoms in total. The van der Waals surface area contributed by atoms with Crippen molar-refractivity contribution in [3.63, 3.8) is 0 Å². The summed E-state index contributed by atoms with van der Waals surface area (Å²) < 4.78 is 7.84. The molecule has 0 atom stereocenters. The lowest BCUT2D eigenvalue weighted by molar-refractivity contribution is 0.0997. The van der Waals surface area contributed by atoms with Crippen molar-refractivity contribution in [3.05, 3.63) is 75.9 Å².